The van der Waals surface area contributed by atoms with Crippen molar-refractivity contribution in [2.75, 3.05) is 25.0 Å². The van der Waals surface area contributed by atoms with E-state index in [1.807, 2.05) is 10.9 Å². The normalized spacial score (nSPS) is 10.9. The largest absolute Gasteiger partial charge is 0.373 e. The fourth-order valence-corrected chi connectivity index (χ4v) is 2.39. The highest BCUT2D eigenvalue weighted by molar-refractivity contribution is 5.53. The van der Waals surface area contributed by atoms with Crippen LogP contribution in [0.2, 0.25) is 0 Å². The van der Waals surface area contributed by atoms with Crippen molar-refractivity contribution in [2.45, 2.75) is 33.9 Å². The highest BCUT2D eigenvalue weighted by Crippen LogP contribution is 2.19. The van der Waals surface area contributed by atoms with E-state index in [2.05, 4.69) is 66.5 Å². The van der Waals surface area contributed by atoms with E-state index in [0.29, 0.717) is 0 Å². The van der Waals surface area contributed by atoms with E-state index in [4.69, 9.17) is 0 Å². The van der Waals surface area contributed by atoms with Gasteiger partial charge in [-0.3, -0.25) is 4.68 Å². The first kappa shape index (κ1) is 15.5. The second-order valence-corrected chi connectivity index (χ2v) is 5.46. The lowest BCUT2D eigenvalue weighted by Crippen LogP contribution is -2.23. The van der Waals surface area contributed by atoms with E-state index in [-0.39, 0.29) is 0 Å². The summed E-state index contributed by atoms with van der Waals surface area (Å²) in [5.41, 5.74) is 4.87. The zero-order valence-corrected chi connectivity index (χ0v) is 13.4. The molecule has 5 nitrogen and oxygen atoms in total. The summed E-state index contributed by atoms with van der Waals surface area (Å²) in [5, 5.41) is 11.6. The molecule has 0 bridgehead atoms. The van der Waals surface area contributed by atoms with Crippen molar-refractivity contribution >= 4 is 5.69 Å². The molecule has 0 amide bonds. The lowest BCUT2D eigenvalue weighted by atomic mass is 10.1. The minimum atomic E-state index is 0.781. The third-order valence-corrected chi connectivity index (χ3v) is 3.57. The molecule has 0 spiro atoms. The molecule has 0 fully saturated rings. The van der Waals surface area contributed by atoms with Crippen LogP contribution in [0.15, 0.2) is 24.4 Å². The molecule has 0 aliphatic carbocycles. The van der Waals surface area contributed by atoms with Crippen molar-refractivity contribution in [3.63, 3.8) is 0 Å². The highest BCUT2D eigenvalue weighted by atomic mass is 15.4. The standard InChI is InChI=1S/C16H25N5/c1-5-17-11-15-12-21(19-18-15)9-8-20(4)16-7-6-13(2)10-14(16)3/h6-7,10,12,17H,5,8-9,11H2,1-4H3. The van der Waals surface area contributed by atoms with E-state index < -0.39 is 0 Å². The maximum absolute atomic E-state index is 4.17. The molecule has 0 saturated heterocycles. The van der Waals surface area contributed by atoms with Crippen LogP contribution in [-0.2, 0) is 13.1 Å². The van der Waals surface area contributed by atoms with Crippen LogP contribution in [0.3, 0.4) is 0 Å². The van der Waals surface area contributed by atoms with E-state index >= 15 is 0 Å². The van der Waals surface area contributed by atoms with Gasteiger partial charge < -0.3 is 10.2 Å². The first-order valence-corrected chi connectivity index (χ1v) is 7.48. The summed E-state index contributed by atoms with van der Waals surface area (Å²) in [5.74, 6) is 0. The molecule has 1 aromatic carbocycles. The van der Waals surface area contributed by atoms with Gasteiger partial charge >= 0.3 is 0 Å². The Bertz CT molecular complexity index is 576. The third kappa shape index (κ3) is 4.29. The second-order valence-electron chi connectivity index (χ2n) is 5.46. The summed E-state index contributed by atoms with van der Waals surface area (Å²) in [6.07, 6.45) is 2.01. The molecular weight excluding hydrogens is 262 g/mol. The number of likely N-dealkylation sites (N-methyl/N-ethyl adjacent to an activating group) is 1. The van der Waals surface area contributed by atoms with E-state index in [1.165, 1.54) is 16.8 Å². The molecule has 1 aromatic heterocycles. The van der Waals surface area contributed by atoms with Gasteiger partial charge in [-0.1, -0.05) is 29.8 Å². The van der Waals surface area contributed by atoms with E-state index in [0.717, 1.165) is 31.9 Å². The molecular formula is C16H25N5. The van der Waals surface area contributed by atoms with Crippen molar-refractivity contribution < 1.29 is 0 Å². The zero-order chi connectivity index (χ0) is 15.2. The van der Waals surface area contributed by atoms with Gasteiger partial charge in [-0.2, -0.15) is 0 Å². The predicted molar refractivity (Wildman–Crippen MR) is 86.6 cm³/mol. The van der Waals surface area contributed by atoms with Crippen molar-refractivity contribution in [3.8, 4) is 0 Å². The summed E-state index contributed by atoms with van der Waals surface area (Å²) in [4.78, 5) is 2.26. The fraction of sp³-hybridized carbons (Fsp3) is 0.500. The van der Waals surface area contributed by atoms with E-state index in [9.17, 15) is 0 Å². The van der Waals surface area contributed by atoms with Gasteiger partial charge in [-0.15, -0.1) is 5.10 Å². The topological polar surface area (TPSA) is 46.0 Å². The van der Waals surface area contributed by atoms with Gasteiger partial charge in [-0.25, -0.2) is 0 Å². The van der Waals surface area contributed by atoms with Crippen LogP contribution < -0.4 is 10.2 Å². The summed E-state index contributed by atoms with van der Waals surface area (Å²) < 4.78 is 1.91. The lowest BCUT2D eigenvalue weighted by Gasteiger charge is -2.21. The summed E-state index contributed by atoms with van der Waals surface area (Å²) in [6.45, 7) is 9.84. The second kappa shape index (κ2) is 7.22. The number of nitrogens with one attached hydrogen (secondary N) is 1. The number of aryl methyl sites for hydroxylation is 2. The van der Waals surface area contributed by atoms with Crippen molar-refractivity contribution in [3.05, 3.63) is 41.2 Å². The van der Waals surface area contributed by atoms with Gasteiger partial charge in [0, 0.05) is 32.0 Å². The zero-order valence-electron chi connectivity index (χ0n) is 13.4. The molecule has 5 heteroatoms. The molecule has 0 aliphatic rings. The maximum Gasteiger partial charge on any atom is 0.0964 e. The minimum absolute atomic E-state index is 0.781. The molecule has 1 heterocycles. The highest BCUT2D eigenvalue weighted by Gasteiger charge is 2.06. The monoisotopic (exact) mass is 287 g/mol. The van der Waals surface area contributed by atoms with Gasteiger partial charge in [0.2, 0.25) is 0 Å². The molecule has 0 radical (unpaired) electrons. The van der Waals surface area contributed by atoms with Crippen molar-refractivity contribution in [1.82, 2.24) is 20.3 Å². The average Bonchev–Trinajstić information content (AvgIpc) is 2.90. The number of hydrogen-bond acceptors (Lipinski definition) is 4. The minimum Gasteiger partial charge on any atom is -0.373 e. The Morgan fingerprint density at radius 1 is 1.29 bits per heavy atom. The SMILES string of the molecule is CCNCc1cn(CCN(C)c2ccc(C)cc2C)nn1. The maximum atomic E-state index is 4.17. The first-order chi connectivity index (χ1) is 10.1. The Labute approximate surface area is 127 Å². The Morgan fingerprint density at radius 3 is 2.81 bits per heavy atom. The quantitative estimate of drug-likeness (QED) is 0.847. The molecule has 2 rings (SSSR count). The average molecular weight is 287 g/mol. The Hall–Kier alpha value is -1.88. The van der Waals surface area contributed by atoms with Crippen LogP contribution in [0.5, 0.6) is 0 Å². The van der Waals surface area contributed by atoms with Crippen LogP contribution >= 0.6 is 0 Å². The molecule has 0 aliphatic heterocycles. The number of hydrogen-bond donors (Lipinski definition) is 1. The number of nitrogens with zero attached hydrogens (tertiary/aromatic N) is 4. The molecule has 0 unspecified atom stereocenters. The van der Waals surface area contributed by atoms with Gasteiger partial charge in [0.1, 0.15) is 0 Å². The Morgan fingerprint density at radius 2 is 2.10 bits per heavy atom. The molecule has 0 saturated carbocycles. The molecule has 2 aromatic rings. The van der Waals surface area contributed by atoms with Gasteiger partial charge in [0.05, 0.1) is 12.2 Å². The Kier molecular flexibility index (Phi) is 5.33. The van der Waals surface area contributed by atoms with Crippen LogP contribution in [0.4, 0.5) is 5.69 Å². The summed E-state index contributed by atoms with van der Waals surface area (Å²) >= 11 is 0. The molecule has 114 valence electrons. The van der Waals surface area contributed by atoms with Crippen LogP contribution in [0.25, 0.3) is 0 Å². The van der Waals surface area contributed by atoms with Crippen molar-refractivity contribution in [1.29, 1.82) is 0 Å². The summed E-state index contributed by atoms with van der Waals surface area (Å²) in [7, 11) is 2.12. The van der Waals surface area contributed by atoms with Crippen molar-refractivity contribution in [2.24, 2.45) is 0 Å². The third-order valence-electron chi connectivity index (χ3n) is 3.57. The molecule has 1 N–H and O–H groups in total. The lowest BCUT2D eigenvalue weighted by molar-refractivity contribution is 0.587. The number of aromatic nitrogens is 3. The smallest absolute Gasteiger partial charge is 0.0964 e. The van der Waals surface area contributed by atoms with Gasteiger partial charge in [-0.05, 0) is 32.0 Å². The van der Waals surface area contributed by atoms with Crippen LogP contribution in [0, 0.1) is 13.8 Å². The van der Waals surface area contributed by atoms with E-state index in [1.54, 1.807) is 0 Å². The Balaban J connectivity index is 1.91. The predicted octanol–water partition coefficient (Wildman–Crippen LogP) is 2.14. The van der Waals surface area contributed by atoms with Crippen LogP contribution in [0.1, 0.15) is 23.7 Å². The van der Waals surface area contributed by atoms with Gasteiger partial charge in [0.15, 0.2) is 0 Å². The number of anilines is 1. The van der Waals surface area contributed by atoms with Gasteiger partial charge in [0.25, 0.3) is 0 Å². The molecule has 0 atom stereocenters. The first-order valence-electron chi connectivity index (χ1n) is 7.48. The van der Waals surface area contributed by atoms with Crippen LogP contribution in [-0.4, -0.2) is 35.1 Å². The number of rotatable bonds is 7. The number of benzene rings is 1. The molecule has 21 heavy (non-hydrogen) atoms. The summed E-state index contributed by atoms with van der Waals surface area (Å²) in [6, 6.07) is 6.56. The fourth-order valence-electron chi connectivity index (χ4n) is 2.39.